The number of thioether (sulfide) groups is 1. The monoisotopic (exact) mass is 318 g/mol. The molecule has 2 rings (SSSR count). The number of carbonyl (C=O) groups excluding carboxylic acids is 1. The molecule has 0 aliphatic carbocycles. The van der Waals surface area contributed by atoms with Gasteiger partial charge in [0.25, 0.3) is 0 Å². The van der Waals surface area contributed by atoms with Crippen LogP contribution in [0.5, 0.6) is 23.0 Å². The molecule has 0 heterocycles. The number of hydrogen-bond donors (Lipinski definition) is 4. The molecule has 0 aromatic heterocycles. The van der Waals surface area contributed by atoms with E-state index in [0.717, 1.165) is 23.1 Å². The van der Waals surface area contributed by atoms with Gasteiger partial charge in [-0.05, 0) is 42.7 Å². The lowest BCUT2D eigenvalue weighted by Gasteiger charge is -2.06. The highest BCUT2D eigenvalue weighted by Gasteiger charge is 2.15. The van der Waals surface area contributed by atoms with Gasteiger partial charge in [0.2, 0.25) is 0 Å². The smallest absolute Gasteiger partial charge is 0.185 e. The van der Waals surface area contributed by atoms with Crippen LogP contribution in [0.3, 0.4) is 0 Å². The van der Waals surface area contributed by atoms with Gasteiger partial charge in [0.05, 0.1) is 5.56 Å². The second-order valence-electron chi connectivity index (χ2n) is 4.45. The van der Waals surface area contributed by atoms with Crippen LogP contribution in [0.1, 0.15) is 15.9 Å². The maximum absolute atomic E-state index is 12.0. The van der Waals surface area contributed by atoms with Crippen LogP contribution in [-0.4, -0.2) is 32.5 Å². The van der Waals surface area contributed by atoms with E-state index in [0.29, 0.717) is 5.56 Å². The zero-order chi connectivity index (χ0) is 16.3. The molecule has 0 atom stereocenters. The molecule has 0 radical (unpaired) electrons. The molecule has 0 aliphatic heterocycles. The zero-order valence-electron chi connectivity index (χ0n) is 11.6. The van der Waals surface area contributed by atoms with Crippen LogP contribution in [-0.2, 0) is 0 Å². The summed E-state index contributed by atoms with van der Waals surface area (Å²) in [5.74, 6) is -2.75. The largest absolute Gasteiger partial charge is 0.504 e. The highest BCUT2D eigenvalue weighted by atomic mass is 32.2. The Balaban J connectivity index is 2.30. The lowest BCUT2D eigenvalue weighted by Crippen LogP contribution is -1.93. The third kappa shape index (κ3) is 3.17. The predicted octanol–water partition coefficient (Wildman–Crippen LogP) is 3.13. The SMILES string of the molecule is CSc1ccc(C(=O)/C=C/c2c(O)c(O)cc(O)c2O)cc1. The minimum absolute atomic E-state index is 0.230. The Morgan fingerprint density at radius 1 is 1.00 bits per heavy atom. The van der Waals surface area contributed by atoms with E-state index in [1.807, 2.05) is 6.26 Å². The summed E-state index contributed by atoms with van der Waals surface area (Å²) in [7, 11) is 0. The van der Waals surface area contributed by atoms with Crippen molar-refractivity contribution in [2.24, 2.45) is 0 Å². The van der Waals surface area contributed by atoms with Gasteiger partial charge in [0.15, 0.2) is 28.8 Å². The quantitative estimate of drug-likeness (QED) is 0.227. The summed E-state index contributed by atoms with van der Waals surface area (Å²) in [6.07, 6.45) is 4.20. The molecule has 4 N–H and O–H groups in total. The number of benzene rings is 2. The number of phenolic OH excluding ortho intramolecular Hbond substituents is 4. The molecule has 2 aromatic carbocycles. The minimum Gasteiger partial charge on any atom is -0.504 e. The summed E-state index contributed by atoms with van der Waals surface area (Å²) in [4.78, 5) is 13.1. The first-order chi connectivity index (χ1) is 10.4. The van der Waals surface area contributed by atoms with Gasteiger partial charge in [-0.15, -0.1) is 11.8 Å². The van der Waals surface area contributed by atoms with Crippen LogP contribution in [0.2, 0.25) is 0 Å². The molecule has 2 aromatic rings. The predicted molar refractivity (Wildman–Crippen MR) is 84.7 cm³/mol. The lowest BCUT2D eigenvalue weighted by atomic mass is 10.1. The van der Waals surface area contributed by atoms with Crippen molar-refractivity contribution in [2.75, 3.05) is 6.26 Å². The third-order valence-corrected chi connectivity index (χ3v) is 3.79. The van der Waals surface area contributed by atoms with Crippen LogP contribution in [0, 0.1) is 0 Å². The van der Waals surface area contributed by atoms with E-state index < -0.39 is 23.0 Å². The number of rotatable bonds is 4. The van der Waals surface area contributed by atoms with Gasteiger partial charge >= 0.3 is 0 Å². The maximum atomic E-state index is 12.0. The van der Waals surface area contributed by atoms with Crippen molar-refractivity contribution in [2.45, 2.75) is 4.90 Å². The van der Waals surface area contributed by atoms with Gasteiger partial charge < -0.3 is 20.4 Å². The molecule has 0 unspecified atom stereocenters. The molecule has 0 saturated carbocycles. The van der Waals surface area contributed by atoms with E-state index in [-0.39, 0.29) is 11.3 Å². The van der Waals surface area contributed by atoms with E-state index in [1.54, 1.807) is 36.0 Å². The Morgan fingerprint density at radius 2 is 1.55 bits per heavy atom. The molecule has 22 heavy (non-hydrogen) atoms. The van der Waals surface area contributed by atoms with Crippen molar-refractivity contribution in [1.29, 1.82) is 0 Å². The summed E-state index contributed by atoms with van der Waals surface area (Å²) in [5, 5.41) is 38.1. The molecule has 0 bridgehead atoms. The Kier molecular flexibility index (Phi) is 4.62. The fraction of sp³-hybridized carbons (Fsp3) is 0.0625. The second-order valence-corrected chi connectivity index (χ2v) is 5.33. The van der Waals surface area contributed by atoms with Gasteiger partial charge in [-0.25, -0.2) is 0 Å². The third-order valence-electron chi connectivity index (χ3n) is 3.04. The highest BCUT2D eigenvalue weighted by molar-refractivity contribution is 7.98. The fourth-order valence-electron chi connectivity index (χ4n) is 1.82. The van der Waals surface area contributed by atoms with Gasteiger partial charge in [-0.1, -0.05) is 0 Å². The van der Waals surface area contributed by atoms with Crippen molar-refractivity contribution >= 4 is 23.6 Å². The Bertz CT molecular complexity index is 709. The average Bonchev–Trinajstić information content (AvgIpc) is 2.53. The number of allylic oxidation sites excluding steroid dienone is 1. The first-order valence-electron chi connectivity index (χ1n) is 6.27. The average molecular weight is 318 g/mol. The molecule has 5 nitrogen and oxygen atoms in total. The van der Waals surface area contributed by atoms with E-state index in [2.05, 4.69) is 0 Å². The van der Waals surface area contributed by atoms with Crippen molar-refractivity contribution in [3.8, 4) is 23.0 Å². The molecular weight excluding hydrogens is 304 g/mol. The molecule has 0 spiro atoms. The van der Waals surface area contributed by atoms with Gasteiger partial charge in [-0.2, -0.15) is 0 Å². The number of ketones is 1. The summed E-state index contributed by atoms with van der Waals surface area (Å²) in [5.41, 5.74) is 0.212. The number of hydrogen-bond acceptors (Lipinski definition) is 6. The number of phenols is 4. The fourth-order valence-corrected chi connectivity index (χ4v) is 2.23. The molecule has 0 fully saturated rings. The number of carbonyl (C=O) groups is 1. The van der Waals surface area contributed by atoms with Crippen molar-refractivity contribution < 1.29 is 25.2 Å². The van der Waals surface area contributed by atoms with Gasteiger partial charge in [0.1, 0.15) is 0 Å². The standard InChI is InChI=1S/C16H14O5S/c1-22-10-4-2-9(3-5-10)12(17)7-6-11-15(20)13(18)8-14(19)16(11)21/h2-8,18-21H,1H3/b7-6+. The van der Waals surface area contributed by atoms with E-state index in [1.165, 1.54) is 0 Å². The normalized spacial score (nSPS) is 11.0. The van der Waals surface area contributed by atoms with E-state index in [9.17, 15) is 25.2 Å². The summed E-state index contributed by atoms with van der Waals surface area (Å²) in [6, 6.07) is 7.75. The van der Waals surface area contributed by atoms with Crippen LogP contribution >= 0.6 is 11.8 Å². The van der Waals surface area contributed by atoms with Crippen LogP contribution in [0.4, 0.5) is 0 Å². The maximum Gasteiger partial charge on any atom is 0.185 e. The van der Waals surface area contributed by atoms with E-state index in [4.69, 9.17) is 0 Å². The van der Waals surface area contributed by atoms with Crippen molar-refractivity contribution in [3.63, 3.8) is 0 Å². The molecule has 0 saturated heterocycles. The summed E-state index contributed by atoms with van der Waals surface area (Å²) in [6.45, 7) is 0. The Hall–Kier alpha value is -2.60. The van der Waals surface area contributed by atoms with Crippen molar-refractivity contribution in [3.05, 3.63) is 47.5 Å². The van der Waals surface area contributed by atoms with Crippen LogP contribution in [0.25, 0.3) is 6.08 Å². The van der Waals surface area contributed by atoms with Crippen LogP contribution < -0.4 is 0 Å². The molecule has 6 heteroatoms. The molecule has 0 amide bonds. The van der Waals surface area contributed by atoms with Crippen molar-refractivity contribution in [1.82, 2.24) is 0 Å². The van der Waals surface area contributed by atoms with Gasteiger partial charge in [0, 0.05) is 16.5 Å². The Morgan fingerprint density at radius 3 is 2.05 bits per heavy atom. The molecular formula is C16H14O5S. The first-order valence-corrected chi connectivity index (χ1v) is 7.50. The topological polar surface area (TPSA) is 98.0 Å². The first kappa shape index (κ1) is 15.8. The minimum atomic E-state index is -0.614. The van der Waals surface area contributed by atoms with Crippen LogP contribution in [0.15, 0.2) is 41.3 Å². The van der Waals surface area contributed by atoms with Gasteiger partial charge in [-0.3, -0.25) is 4.79 Å². The summed E-state index contributed by atoms with van der Waals surface area (Å²) < 4.78 is 0. The van der Waals surface area contributed by atoms with E-state index >= 15 is 0 Å². The lowest BCUT2D eigenvalue weighted by molar-refractivity contribution is 0.104. The second kappa shape index (κ2) is 6.44. The number of aromatic hydroxyl groups is 4. The molecule has 114 valence electrons. The Labute approximate surface area is 131 Å². The highest BCUT2D eigenvalue weighted by Crippen LogP contribution is 2.42. The molecule has 0 aliphatic rings. The zero-order valence-corrected chi connectivity index (χ0v) is 12.5. The summed E-state index contributed by atoms with van der Waals surface area (Å²) >= 11 is 1.56.